The zero-order chi connectivity index (χ0) is 18.1. The number of nitrogens with one attached hydrogen (secondary N) is 1. The summed E-state index contributed by atoms with van der Waals surface area (Å²) in [7, 11) is 0. The average Bonchev–Trinajstić information content (AvgIpc) is 2.85. The van der Waals surface area contributed by atoms with Gasteiger partial charge in [0.25, 0.3) is 0 Å². The van der Waals surface area contributed by atoms with Gasteiger partial charge in [-0.15, -0.1) is 0 Å². The van der Waals surface area contributed by atoms with Crippen molar-refractivity contribution in [1.82, 2.24) is 14.9 Å². The molecule has 130 valence electrons. The molecular formula is C20H23N3O2. The van der Waals surface area contributed by atoms with Crippen molar-refractivity contribution in [2.24, 2.45) is 5.92 Å². The first-order chi connectivity index (χ1) is 11.9. The number of amides is 2. The molecule has 5 nitrogen and oxygen atoms in total. The zero-order valence-corrected chi connectivity index (χ0v) is 14.9. The lowest BCUT2D eigenvalue weighted by Gasteiger charge is -2.24. The zero-order valence-electron chi connectivity index (χ0n) is 14.9. The van der Waals surface area contributed by atoms with Crippen LogP contribution in [0.15, 0.2) is 36.6 Å². The van der Waals surface area contributed by atoms with Crippen LogP contribution in [0.1, 0.15) is 44.0 Å². The van der Waals surface area contributed by atoms with Crippen molar-refractivity contribution in [2.75, 3.05) is 0 Å². The third-order valence-corrected chi connectivity index (χ3v) is 4.79. The average molecular weight is 337 g/mol. The molecule has 25 heavy (non-hydrogen) atoms. The number of carbonyl (C=O) groups is 2. The summed E-state index contributed by atoms with van der Waals surface area (Å²) in [6, 6.07) is 3.47. The van der Waals surface area contributed by atoms with E-state index in [4.69, 9.17) is 0 Å². The first kappa shape index (κ1) is 17.1. The van der Waals surface area contributed by atoms with Gasteiger partial charge in [-0.05, 0) is 48.6 Å². The molecule has 1 unspecified atom stereocenters. The van der Waals surface area contributed by atoms with Crippen molar-refractivity contribution < 1.29 is 9.59 Å². The summed E-state index contributed by atoms with van der Waals surface area (Å²) in [5.41, 5.74) is 3.90. The van der Waals surface area contributed by atoms with Gasteiger partial charge >= 0.3 is 0 Å². The lowest BCUT2D eigenvalue weighted by Crippen LogP contribution is -2.42. The Morgan fingerprint density at radius 2 is 2.20 bits per heavy atom. The van der Waals surface area contributed by atoms with E-state index in [0.717, 1.165) is 27.9 Å². The fraction of sp³-hybridized carbons (Fsp3) is 0.350. The lowest BCUT2D eigenvalue weighted by atomic mass is 10.0. The predicted octanol–water partition coefficient (Wildman–Crippen LogP) is 3.55. The number of piperidine rings is 1. The van der Waals surface area contributed by atoms with E-state index in [9.17, 15) is 9.59 Å². The molecule has 2 aromatic heterocycles. The highest BCUT2D eigenvalue weighted by molar-refractivity contribution is 6.00. The Bertz CT molecular complexity index is 890. The van der Waals surface area contributed by atoms with Crippen molar-refractivity contribution in [2.45, 2.75) is 39.7 Å². The Morgan fingerprint density at radius 1 is 1.44 bits per heavy atom. The predicted molar refractivity (Wildman–Crippen MR) is 98.9 cm³/mol. The molecule has 1 N–H and O–H groups in total. The molecule has 5 heteroatoms. The number of hydrogen-bond donors (Lipinski definition) is 1. The normalized spacial score (nSPS) is 18.7. The Kier molecular flexibility index (Phi) is 4.57. The van der Waals surface area contributed by atoms with Crippen LogP contribution in [0.2, 0.25) is 0 Å². The number of rotatable bonds is 4. The molecule has 0 bridgehead atoms. The molecule has 1 saturated heterocycles. The molecule has 0 aliphatic carbocycles. The van der Waals surface area contributed by atoms with Crippen molar-refractivity contribution in [1.29, 1.82) is 0 Å². The quantitative estimate of drug-likeness (QED) is 0.685. The van der Waals surface area contributed by atoms with Crippen LogP contribution in [0, 0.1) is 12.8 Å². The Labute approximate surface area is 147 Å². The van der Waals surface area contributed by atoms with Crippen LogP contribution >= 0.6 is 0 Å². The summed E-state index contributed by atoms with van der Waals surface area (Å²) in [6.45, 7) is 10.2. The topological polar surface area (TPSA) is 64.0 Å². The van der Waals surface area contributed by atoms with Crippen molar-refractivity contribution >= 4 is 28.9 Å². The number of carbonyl (C=O) groups excluding carboxylic acids is 2. The third kappa shape index (κ3) is 3.02. The highest BCUT2D eigenvalue weighted by Gasteiger charge is 2.31. The maximum atomic E-state index is 12.5. The van der Waals surface area contributed by atoms with Gasteiger partial charge in [-0.25, -0.2) is 4.98 Å². The lowest BCUT2D eigenvalue weighted by molar-refractivity contribution is -0.135. The molecular weight excluding hydrogens is 314 g/mol. The fourth-order valence-corrected chi connectivity index (χ4v) is 3.36. The van der Waals surface area contributed by atoms with E-state index in [1.165, 1.54) is 0 Å². The van der Waals surface area contributed by atoms with E-state index in [-0.39, 0.29) is 11.8 Å². The second kappa shape index (κ2) is 6.67. The molecule has 1 atom stereocenters. The fourth-order valence-electron chi connectivity index (χ4n) is 3.36. The molecule has 0 spiro atoms. The standard InChI is InChI=1S/C20H23N3O2/c1-5-14(12(2)3)11-17-13(4)15-7-6-10-21-19(15)23(17)16-8-9-18(24)22-20(16)25/h5-7,10-12,16H,1,8-9H2,2-4H3,(H,22,24,25)/b14-11+. The van der Waals surface area contributed by atoms with Crippen molar-refractivity contribution in [3.8, 4) is 0 Å². The summed E-state index contributed by atoms with van der Waals surface area (Å²) in [5.74, 6) is -0.162. The monoisotopic (exact) mass is 337 g/mol. The second-order valence-corrected chi connectivity index (χ2v) is 6.72. The Hall–Kier alpha value is -2.69. The highest BCUT2D eigenvalue weighted by Crippen LogP contribution is 2.33. The summed E-state index contributed by atoms with van der Waals surface area (Å²) in [6.07, 6.45) is 6.48. The number of aromatic nitrogens is 2. The number of hydrogen-bond acceptors (Lipinski definition) is 3. The number of aryl methyl sites for hydroxylation is 1. The number of nitrogens with zero attached hydrogens (tertiary/aromatic N) is 2. The van der Waals surface area contributed by atoms with E-state index in [1.807, 2.05) is 29.7 Å². The molecule has 1 fully saturated rings. The molecule has 3 heterocycles. The molecule has 0 aromatic carbocycles. The van der Waals surface area contributed by atoms with Gasteiger partial charge in [0.1, 0.15) is 11.7 Å². The SMILES string of the molecule is C=C/C(=C\c1c(C)c2cccnc2n1C1CCC(=O)NC1=O)C(C)C. The maximum absolute atomic E-state index is 12.5. The summed E-state index contributed by atoms with van der Waals surface area (Å²) in [5, 5.41) is 3.47. The van der Waals surface area contributed by atoms with Crippen LogP contribution in [0.4, 0.5) is 0 Å². The van der Waals surface area contributed by atoms with Gasteiger partial charge in [-0.2, -0.15) is 0 Å². The molecule has 2 aromatic rings. The Balaban J connectivity index is 2.25. The maximum Gasteiger partial charge on any atom is 0.249 e. The molecule has 0 saturated carbocycles. The summed E-state index contributed by atoms with van der Waals surface area (Å²) in [4.78, 5) is 28.5. The summed E-state index contributed by atoms with van der Waals surface area (Å²) < 4.78 is 1.97. The minimum Gasteiger partial charge on any atom is -0.313 e. The first-order valence-electron chi connectivity index (χ1n) is 8.57. The summed E-state index contributed by atoms with van der Waals surface area (Å²) >= 11 is 0. The molecule has 3 rings (SSSR count). The van der Waals surface area contributed by atoms with E-state index in [0.29, 0.717) is 18.8 Å². The third-order valence-electron chi connectivity index (χ3n) is 4.79. The second-order valence-electron chi connectivity index (χ2n) is 6.72. The van der Waals surface area contributed by atoms with E-state index in [2.05, 4.69) is 36.8 Å². The molecule has 1 aliphatic heterocycles. The smallest absolute Gasteiger partial charge is 0.249 e. The van der Waals surface area contributed by atoms with Crippen LogP contribution in [0.5, 0.6) is 0 Å². The van der Waals surface area contributed by atoms with Gasteiger partial charge in [0.2, 0.25) is 11.8 Å². The van der Waals surface area contributed by atoms with Crippen LogP contribution in [0.25, 0.3) is 17.1 Å². The number of imide groups is 1. The van der Waals surface area contributed by atoms with E-state index < -0.39 is 6.04 Å². The minimum atomic E-state index is -0.437. The van der Waals surface area contributed by atoms with E-state index in [1.54, 1.807) is 6.20 Å². The van der Waals surface area contributed by atoms with Crippen LogP contribution in [-0.2, 0) is 9.59 Å². The Morgan fingerprint density at radius 3 is 2.84 bits per heavy atom. The van der Waals surface area contributed by atoms with Gasteiger partial charge in [0.05, 0.1) is 0 Å². The van der Waals surface area contributed by atoms with Gasteiger partial charge in [0, 0.05) is 23.7 Å². The van der Waals surface area contributed by atoms with Gasteiger partial charge in [0.15, 0.2) is 0 Å². The first-order valence-corrected chi connectivity index (χ1v) is 8.57. The molecule has 1 aliphatic rings. The highest BCUT2D eigenvalue weighted by atomic mass is 16.2. The molecule has 0 radical (unpaired) electrons. The van der Waals surface area contributed by atoms with Crippen molar-refractivity contribution in [3.63, 3.8) is 0 Å². The largest absolute Gasteiger partial charge is 0.313 e. The number of fused-ring (bicyclic) bond motifs is 1. The van der Waals surface area contributed by atoms with Gasteiger partial charge in [-0.1, -0.05) is 26.5 Å². The van der Waals surface area contributed by atoms with Crippen LogP contribution < -0.4 is 5.32 Å². The minimum absolute atomic E-state index is 0.214. The number of pyridine rings is 1. The number of allylic oxidation sites excluding steroid dienone is 2. The van der Waals surface area contributed by atoms with Gasteiger partial charge in [-0.3, -0.25) is 14.9 Å². The molecule has 2 amide bonds. The van der Waals surface area contributed by atoms with Gasteiger partial charge < -0.3 is 4.57 Å². The van der Waals surface area contributed by atoms with Crippen molar-refractivity contribution in [3.05, 3.63) is 47.8 Å². The van der Waals surface area contributed by atoms with Crippen LogP contribution in [-0.4, -0.2) is 21.4 Å². The van der Waals surface area contributed by atoms with E-state index >= 15 is 0 Å². The van der Waals surface area contributed by atoms with Crippen LogP contribution in [0.3, 0.4) is 0 Å².